The van der Waals surface area contributed by atoms with E-state index in [0.29, 0.717) is 6.61 Å². The first-order valence-corrected chi connectivity index (χ1v) is 8.16. The molecule has 1 aliphatic rings. The summed E-state index contributed by atoms with van der Waals surface area (Å²) in [6.45, 7) is 4.58. The highest BCUT2D eigenvalue weighted by atomic mass is 16.5. The smallest absolute Gasteiger partial charge is 0.176 e. The minimum absolute atomic E-state index is 0.0344. The summed E-state index contributed by atoms with van der Waals surface area (Å²) in [7, 11) is 1.65. The fraction of sp³-hybridized carbons (Fsp3) is 0.556. The normalized spacial score (nSPS) is 22.6. The molecule has 1 fully saturated rings. The minimum Gasteiger partial charge on any atom is -0.493 e. The molecule has 2 unspecified atom stereocenters. The van der Waals surface area contributed by atoms with Gasteiger partial charge in [-0.05, 0) is 31.9 Å². The third-order valence-corrected chi connectivity index (χ3v) is 4.78. The molecule has 1 aromatic carbocycles. The average Bonchev–Trinajstić information content (AvgIpc) is 3.19. The number of hydrogen-bond acceptors (Lipinski definition) is 5. The molecule has 0 amide bonds. The third-order valence-electron chi connectivity index (χ3n) is 4.78. The van der Waals surface area contributed by atoms with Crippen molar-refractivity contribution in [2.75, 3.05) is 33.5 Å². The van der Waals surface area contributed by atoms with Gasteiger partial charge in [-0.25, -0.2) is 0 Å². The van der Waals surface area contributed by atoms with Gasteiger partial charge in [-0.2, -0.15) is 0 Å². The van der Waals surface area contributed by atoms with Crippen molar-refractivity contribution in [1.82, 2.24) is 5.32 Å². The van der Waals surface area contributed by atoms with Crippen molar-refractivity contribution in [3.05, 3.63) is 30.0 Å². The summed E-state index contributed by atoms with van der Waals surface area (Å²) in [6.07, 6.45) is 1.75. The lowest BCUT2D eigenvalue weighted by Crippen LogP contribution is -2.36. The molecule has 2 atom stereocenters. The molecular formula is C18H25NO4. The predicted octanol–water partition coefficient (Wildman–Crippen LogP) is 2.88. The number of fused-ring (bicyclic) bond motifs is 1. The van der Waals surface area contributed by atoms with E-state index in [0.717, 1.165) is 48.5 Å². The summed E-state index contributed by atoms with van der Waals surface area (Å²) < 4.78 is 16.9. The van der Waals surface area contributed by atoms with Crippen LogP contribution in [0.1, 0.15) is 31.6 Å². The van der Waals surface area contributed by atoms with Crippen LogP contribution in [-0.2, 0) is 4.74 Å². The fourth-order valence-electron chi connectivity index (χ4n) is 3.21. The number of hydrogen-bond donors (Lipinski definition) is 2. The highest BCUT2D eigenvalue weighted by Gasteiger charge is 2.34. The molecular weight excluding hydrogens is 294 g/mol. The summed E-state index contributed by atoms with van der Waals surface area (Å²) in [4.78, 5) is 0. The average molecular weight is 319 g/mol. The topological polar surface area (TPSA) is 63.9 Å². The molecule has 1 saturated heterocycles. The van der Waals surface area contributed by atoms with E-state index in [1.165, 1.54) is 0 Å². The van der Waals surface area contributed by atoms with E-state index in [9.17, 15) is 5.11 Å². The van der Waals surface area contributed by atoms with Crippen molar-refractivity contribution in [3.8, 4) is 5.75 Å². The second kappa shape index (κ2) is 6.91. The molecule has 0 radical (unpaired) electrons. The molecule has 0 saturated carbocycles. The van der Waals surface area contributed by atoms with Crippen LogP contribution < -0.4 is 10.1 Å². The number of para-hydroxylation sites is 1. The van der Waals surface area contributed by atoms with Crippen molar-refractivity contribution in [2.45, 2.75) is 25.8 Å². The minimum atomic E-state index is 0.0344. The van der Waals surface area contributed by atoms with Crippen LogP contribution in [0.2, 0.25) is 0 Å². The molecule has 2 heterocycles. The second-order valence-electron chi connectivity index (χ2n) is 6.41. The molecule has 5 heteroatoms. The van der Waals surface area contributed by atoms with Crippen LogP contribution in [0.5, 0.6) is 5.75 Å². The van der Waals surface area contributed by atoms with Crippen molar-refractivity contribution >= 4 is 11.0 Å². The number of ether oxygens (including phenoxy) is 2. The number of aliphatic hydroxyl groups is 1. The van der Waals surface area contributed by atoms with Gasteiger partial charge in [0.05, 0.1) is 19.8 Å². The Balaban J connectivity index is 1.72. The number of benzene rings is 1. The quantitative estimate of drug-likeness (QED) is 0.821. The first-order chi connectivity index (χ1) is 11.2. The zero-order chi connectivity index (χ0) is 16.3. The first-order valence-electron chi connectivity index (χ1n) is 8.16. The number of aliphatic hydroxyl groups excluding tert-OH is 1. The number of rotatable bonds is 7. The predicted molar refractivity (Wildman–Crippen MR) is 88.8 cm³/mol. The Labute approximate surface area is 136 Å². The summed E-state index contributed by atoms with van der Waals surface area (Å²) >= 11 is 0. The van der Waals surface area contributed by atoms with E-state index in [-0.39, 0.29) is 18.1 Å². The zero-order valence-corrected chi connectivity index (χ0v) is 13.8. The molecule has 5 nitrogen and oxygen atoms in total. The maximum atomic E-state index is 9.31. The van der Waals surface area contributed by atoms with E-state index in [1.54, 1.807) is 7.11 Å². The Morgan fingerprint density at radius 1 is 1.43 bits per heavy atom. The SMILES string of the molecule is COc1cccc2cc(C(C)NCC3(CCO)CCOC3)oc12. The van der Waals surface area contributed by atoms with Crippen LogP contribution >= 0.6 is 0 Å². The summed E-state index contributed by atoms with van der Waals surface area (Å²) in [5.41, 5.74) is 0.820. The number of nitrogens with one attached hydrogen (secondary N) is 1. The van der Waals surface area contributed by atoms with Crippen LogP contribution in [0, 0.1) is 5.41 Å². The van der Waals surface area contributed by atoms with Crippen LogP contribution in [0.15, 0.2) is 28.7 Å². The molecule has 0 spiro atoms. The molecule has 126 valence electrons. The second-order valence-corrected chi connectivity index (χ2v) is 6.41. The molecule has 0 bridgehead atoms. The Bertz CT molecular complexity index is 646. The molecule has 2 N–H and O–H groups in total. The summed E-state index contributed by atoms with van der Waals surface area (Å²) in [6, 6.07) is 8.03. The standard InChI is InChI=1S/C18H25NO4/c1-13(19-11-18(6-8-20)7-9-22-12-18)16-10-14-4-3-5-15(21-2)17(14)23-16/h3-5,10,13,19-20H,6-9,11-12H2,1-2H3. The first kappa shape index (κ1) is 16.3. The van der Waals surface area contributed by atoms with Gasteiger partial charge in [-0.1, -0.05) is 12.1 Å². The van der Waals surface area contributed by atoms with Gasteiger partial charge in [-0.3, -0.25) is 0 Å². The van der Waals surface area contributed by atoms with Gasteiger partial charge in [0.1, 0.15) is 5.76 Å². The van der Waals surface area contributed by atoms with Gasteiger partial charge in [0.25, 0.3) is 0 Å². The monoisotopic (exact) mass is 319 g/mol. The lowest BCUT2D eigenvalue weighted by molar-refractivity contribution is 0.122. The Kier molecular flexibility index (Phi) is 4.90. The molecule has 2 aromatic rings. The summed E-state index contributed by atoms with van der Waals surface area (Å²) in [5.74, 6) is 1.64. The van der Waals surface area contributed by atoms with Gasteiger partial charge in [0.2, 0.25) is 0 Å². The highest BCUT2D eigenvalue weighted by molar-refractivity contribution is 5.83. The van der Waals surface area contributed by atoms with E-state index >= 15 is 0 Å². The van der Waals surface area contributed by atoms with Crippen molar-refractivity contribution < 1.29 is 19.0 Å². The Hall–Kier alpha value is -1.56. The van der Waals surface area contributed by atoms with E-state index in [2.05, 4.69) is 18.3 Å². The lowest BCUT2D eigenvalue weighted by atomic mass is 9.84. The van der Waals surface area contributed by atoms with Gasteiger partial charge in [-0.15, -0.1) is 0 Å². The highest BCUT2D eigenvalue weighted by Crippen LogP contribution is 2.34. The van der Waals surface area contributed by atoms with Gasteiger partial charge < -0.3 is 24.3 Å². The molecule has 1 aromatic heterocycles. The van der Waals surface area contributed by atoms with Crippen LogP contribution in [-0.4, -0.2) is 38.6 Å². The van der Waals surface area contributed by atoms with Crippen molar-refractivity contribution in [3.63, 3.8) is 0 Å². The van der Waals surface area contributed by atoms with Crippen LogP contribution in [0.4, 0.5) is 0 Å². The lowest BCUT2D eigenvalue weighted by Gasteiger charge is -2.28. The molecule has 23 heavy (non-hydrogen) atoms. The molecule has 1 aliphatic heterocycles. The van der Waals surface area contributed by atoms with E-state index < -0.39 is 0 Å². The Morgan fingerprint density at radius 2 is 2.30 bits per heavy atom. The summed E-state index contributed by atoms with van der Waals surface area (Å²) in [5, 5.41) is 13.9. The van der Waals surface area contributed by atoms with Crippen LogP contribution in [0.3, 0.4) is 0 Å². The van der Waals surface area contributed by atoms with Crippen molar-refractivity contribution in [2.24, 2.45) is 5.41 Å². The number of furan rings is 1. The Morgan fingerprint density at radius 3 is 3.00 bits per heavy atom. The fourth-order valence-corrected chi connectivity index (χ4v) is 3.21. The van der Waals surface area contributed by atoms with Gasteiger partial charge in [0, 0.05) is 30.6 Å². The molecule has 3 rings (SSSR count). The molecule has 0 aliphatic carbocycles. The van der Waals surface area contributed by atoms with E-state index in [4.69, 9.17) is 13.9 Å². The largest absolute Gasteiger partial charge is 0.493 e. The van der Waals surface area contributed by atoms with E-state index in [1.807, 2.05) is 18.2 Å². The third kappa shape index (κ3) is 3.37. The van der Waals surface area contributed by atoms with Crippen molar-refractivity contribution in [1.29, 1.82) is 0 Å². The maximum Gasteiger partial charge on any atom is 0.176 e. The maximum absolute atomic E-state index is 9.31. The van der Waals surface area contributed by atoms with Gasteiger partial charge in [0.15, 0.2) is 11.3 Å². The zero-order valence-electron chi connectivity index (χ0n) is 13.8. The van der Waals surface area contributed by atoms with Gasteiger partial charge >= 0.3 is 0 Å². The number of methoxy groups -OCH3 is 1. The van der Waals surface area contributed by atoms with Crippen LogP contribution in [0.25, 0.3) is 11.0 Å².